The largest absolute Gasteiger partial charge is 0.481 e. The number of aryl methyl sites for hydroxylation is 1. The van der Waals surface area contributed by atoms with E-state index < -0.39 is 17.9 Å². The average Bonchev–Trinajstić information content (AvgIpc) is 2.65. The molecule has 0 saturated heterocycles. The zero-order chi connectivity index (χ0) is 14.5. The Bertz CT molecular complexity index is 487. The molecule has 3 N–H and O–H groups in total. The number of carboxylic acids is 1. The zero-order valence-corrected chi connectivity index (χ0v) is 11.4. The number of carbonyl (C=O) groups is 2. The Morgan fingerprint density at radius 3 is 2.75 bits per heavy atom. The van der Waals surface area contributed by atoms with Crippen molar-refractivity contribution in [3.05, 3.63) is 6.33 Å². The first-order chi connectivity index (χ1) is 9.58. The molecule has 1 saturated carbocycles. The summed E-state index contributed by atoms with van der Waals surface area (Å²) < 4.78 is 1.43. The summed E-state index contributed by atoms with van der Waals surface area (Å²) >= 11 is 0. The van der Waals surface area contributed by atoms with Gasteiger partial charge in [-0.1, -0.05) is 19.3 Å². The maximum atomic E-state index is 11.9. The molecule has 1 fully saturated rings. The number of hydrogen-bond acceptors (Lipinski definition) is 4. The third-order valence-electron chi connectivity index (χ3n) is 3.59. The van der Waals surface area contributed by atoms with Gasteiger partial charge in [-0.2, -0.15) is 10.1 Å². The summed E-state index contributed by atoms with van der Waals surface area (Å²) in [7, 11) is 1.66. The van der Waals surface area contributed by atoms with Crippen molar-refractivity contribution in [3.8, 4) is 0 Å². The molecule has 0 radical (unpaired) electrons. The highest BCUT2D eigenvalue weighted by molar-refractivity contribution is 5.88. The summed E-state index contributed by atoms with van der Waals surface area (Å²) in [4.78, 5) is 27.1. The van der Waals surface area contributed by atoms with Gasteiger partial charge in [-0.15, -0.1) is 0 Å². The van der Waals surface area contributed by atoms with E-state index in [9.17, 15) is 14.7 Å². The molecule has 2 atom stereocenters. The van der Waals surface area contributed by atoms with Crippen molar-refractivity contribution in [2.24, 2.45) is 13.0 Å². The van der Waals surface area contributed by atoms with E-state index in [0.29, 0.717) is 18.8 Å². The van der Waals surface area contributed by atoms with E-state index in [1.165, 1.54) is 11.0 Å². The number of aromatic nitrogens is 3. The minimum atomic E-state index is -0.851. The number of carbonyl (C=O) groups excluding carboxylic acids is 1. The summed E-state index contributed by atoms with van der Waals surface area (Å²) in [6, 6.07) is -0.789. The van der Waals surface area contributed by atoms with Gasteiger partial charge in [-0.3, -0.25) is 10.1 Å². The van der Waals surface area contributed by atoms with Crippen LogP contribution in [0.3, 0.4) is 0 Å². The number of aliphatic carboxylic acids is 1. The molecule has 2 amide bonds. The molecule has 1 aliphatic carbocycles. The fourth-order valence-corrected chi connectivity index (χ4v) is 2.49. The molecule has 110 valence electrons. The Morgan fingerprint density at radius 2 is 2.10 bits per heavy atom. The lowest BCUT2D eigenvalue weighted by Gasteiger charge is -2.22. The van der Waals surface area contributed by atoms with Crippen LogP contribution >= 0.6 is 0 Å². The van der Waals surface area contributed by atoms with Gasteiger partial charge in [0.1, 0.15) is 6.33 Å². The molecule has 8 heteroatoms. The van der Waals surface area contributed by atoms with Crippen molar-refractivity contribution in [2.45, 2.75) is 38.1 Å². The van der Waals surface area contributed by atoms with Gasteiger partial charge < -0.3 is 10.4 Å². The zero-order valence-electron chi connectivity index (χ0n) is 11.4. The number of amides is 2. The number of hydrogen-bond donors (Lipinski definition) is 3. The van der Waals surface area contributed by atoms with Gasteiger partial charge in [0.15, 0.2) is 0 Å². The third kappa shape index (κ3) is 3.46. The van der Waals surface area contributed by atoms with Gasteiger partial charge in [0, 0.05) is 13.1 Å². The number of rotatable bonds is 3. The number of nitrogens with zero attached hydrogens (tertiary/aromatic N) is 3. The van der Waals surface area contributed by atoms with Crippen molar-refractivity contribution in [2.75, 3.05) is 5.32 Å². The van der Waals surface area contributed by atoms with Gasteiger partial charge in [-0.05, 0) is 12.8 Å². The lowest BCUT2D eigenvalue weighted by Crippen LogP contribution is -2.44. The first kappa shape index (κ1) is 14.3. The second-order valence-electron chi connectivity index (χ2n) is 4.99. The van der Waals surface area contributed by atoms with E-state index >= 15 is 0 Å². The van der Waals surface area contributed by atoms with Crippen LogP contribution in [0.15, 0.2) is 6.33 Å². The molecule has 0 bridgehead atoms. The monoisotopic (exact) mass is 281 g/mol. The Kier molecular flexibility index (Phi) is 4.54. The second kappa shape index (κ2) is 6.36. The van der Waals surface area contributed by atoms with Crippen LogP contribution in [-0.4, -0.2) is 37.9 Å². The first-order valence-electron chi connectivity index (χ1n) is 6.72. The maximum Gasteiger partial charge on any atom is 0.321 e. The van der Waals surface area contributed by atoms with Crippen molar-refractivity contribution >= 4 is 17.9 Å². The standard InChI is InChI=1S/C12H19N5O3/c1-17-11(13-7-14-17)16-12(20)15-9-6-4-2-3-5-8(9)10(18)19/h7-9H,2-6H2,1H3,(H,18,19)(H2,13,14,15,16,20). The summed E-state index contributed by atoms with van der Waals surface area (Å²) in [5.74, 6) is -1.05. The predicted molar refractivity (Wildman–Crippen MR) is 71.2 cm³/mol. The molecule has 8 nitrogen and oxygen atoms in total. The number of urea groups is 1. The second-order valence-corrected chi connectivity index (χ2v) is 4.99. The molecule has 1 heterocycles. The Balaban J connectivity index is 1.97. The lowest BCUT2D eigenvalue weighted by molar-refractivity contribution is -0.142. The van der Waals surface area contributed by atoms with E-state index in [4.69, 9.17) is 0 Å². The predicted octanol–water partition coefficient (Wildman–Crippen LogP) is 0.970. The van der Waals surface area contributed by atoms with Gasteiger partial charge in [0.25, 0.3) is 0 Å². The Morgan fingerprint density at radius 1 is 1.35 bits per heavy atom. The summed E-state index contributed by atoms with van der Waals surface area (Å²) in [6.07, 6.45) is 5.44. The topological polar surface area (TPSA) is 109 Å². The highest BCUT2D eigenvalue weighted by Crippen LogP contribution is 2.23. The van der Waals surface area contributed by atoms with Crippen LogP contribution in [0.2, 0.25) is 0 Å². The number of anilines is 1. The van der Waals surface area contributed by atoms with Gasteiger partial charge in [0.2, 0.25) is 5.95 Å². The molecule has 1 aliphatic rings. The fourth-order valence-electron chi connectivity index (χ4n) is 2.49. The van der Waals surface area contributed by atoms with Crippen molar-refractivity contribution in [1.29, 1.82) is 0 Å². The molecule has 2 unspecified atom stereocenters. The van der Waals surface area contributed by atoms with Crippen LogP contribution in [0.25, 0.3) is 0 Å². The van der Waals surface area contributed by atoms with Crippen LogP contribution in [0.4, 0.5) is 10.7 Å². The van der Waals surface area contributed by atoms with Crippen molar-refractivity contribution in [1.82, 2.24) is 20.1 Å². The number of carboxylic acid groups (broad SMARTS) is 1. The molecule has 0 spiro atoms. The molecular weight excluding hydrogens is 262 g/mol. The van der Waals surface area contributed by atoms with Crippen LogP contribution in [-0.2, 0) is 11.8 Å². The Hall–Kier alpha value is -2.12. The smallest absolute Gasteiger partial charge is 0.321 e. The van der Waals surface area contributed by atoms with E-state index in [1.807, 2.05) is 0 Å². The molecule has 0 aliphatic heterocycles. The molecule has 0 aromatic carbocycles. The van der Waals surface area contributed by atoms with E-state index in [1.54, 1.807) is 7.05 Å². The lowest BCUT2D eigenvalue weighted by atomic mass is 9.95. The summed E-state index contributed by atoms with van der Waals surface area (Å²) in [5, 5.41) is 18.4. The Labute approximate surface area is 116 Å². The van der Waals surface area contributed by atoms with Gasteiger partial charge in [-0.25, -0.2) is 9.48 Å². The summed E-state index contributed by atoms with van der Waals surface area (Å²) in [5.41, 5.74) is 0. The molecule has 2 rings (SSSR count). The van der Waals surface area contributed by atoms with Crippen LogP contribution < -0.4 is 10.6 Å². The van der Waals surface area contributed by atoms with Crippen LogP contribution in [0, 0.1) is 5.92 Å². The van der Waals surface area contributed by atoms with Crippen LogP contribution in [0.5, 0.6) is 0 Å². The fraction of sp³-hybridized carbons (Fsp3) is 0.667. The van der Waals surface area contributed by atoms with E-state index in [0.717, 1.165) is 19.3 Å². The maximum absolute atomic E-state index is 11.9. The van der Waals surface area contributed by atoms with Crippen LogP contribution in [0.1, 0.15) is 32.1 Å². The summed E-state index contributed by atoms with van der Waals surface area (Å²) in [6.45, 7) is 0. The normalized spacial score (nSPS) is 22.9. The minimum Gasteiger partial charge on any atom is -0.481 e. The SMILES string of the molecule is Cn1ncnc1NC(=O)NC1CCCCCC1C(=O)O. The van der Waals surface area contributed by atoms with E-state index in [2.05, 4.69) is 20.7 Å². The van der Waals surface area contributed by atoms with Crippen molar-refractivity contribution in [3.63, 3.8) is 0 Å². The number of nitrogens with one attached hydrogen (secondary N) is 2. The van der Waals surface area contributed by atoms with E-state index in [-0.39, 0.29) is 6.04 Å². The molecule has 1 aromatic rings. The highest BCUT2D eigenvalue weighted by Gasteiger charge is 2.30. The van der Waals surface area contributed by atoms with Crippen molar-refractivity contribution < 1.29 is 14.7 Å². The third-order valence-corrected chi connectivity index (χ3v) is 3.59. The molecular formula is C12H19N5O3. The van der Waals surface area contributed by atoms with Gasteiger partial charge >= 0.3 is 12.0 Å². The quantitative estimate of drug-likeness (QED) is 0.715. The highest BCUT2D eigenvalue weighted by atomic mass is 16.4. The minimum absolute atomic E-state index is 0.322. The molecule has 1 aromatic heterocycles. The molecule has 20 heavy (non-hydrogen) atoms. The first-order valence-corrected chi connectivity index (χ1v) is 6.72. The average molecular weight is 281 g/mol. The van der Waals surface area contributed by atoms with Gasteiger partial charge in [0.05, 0.1) is 5.92 Å².